The summed E-state index contributed by atoms with van der Waals surface area (Å²) in [5.41, 5.74) is 0.287. The number of hydrogen-bond acceptors (Lipinski definition) is 8. The van der Waals surface area contributed by atoms with E-state index in [1.807, 2.05) is 18.2 Å². The normalized spacial score (nSPS) is 16.5. The SMILES string of the molecule is CN(CC(=O)N1CCC(C)(c2noc(-c3ccccn3)n2)CC1)S(=O)(=O)c1cccs1. The third kappa shape index (κ3) is 4.39. The highest BCUT2D eigenvalue weighted by molar-refractivity contribution is 7.91. The fraction of sp³-hybridized carbons (Fsp3) is 0.400. The van der Waals surface area contributed by atoms with Crippen molar-refractivity contribution in [1.82, 2.24) is 24.3 Å². The molecule has 1 aliphatic heterocycles. The minimum Gasteiger partial charge on any atom is -0.341 e. The third-order valence-electron chi connectivity index (χ3n) is 5.59. The van der Waals surface area contributed by atoms with E-state index in [4.69, 9.17) is 4.52 Å². The first-order valence-electron chi connectivity index (χ1n) is 9.83. The number of thiophene rings is 1. The summed E-state index contributed by atoms with van der Waals surface area (Å²) in [5.74, 6) is 0.750. The number of likely N-dealkylation sites (tertiary alicyclic amines) is 1. The largest absolute Gasteiger partial charge is 0.341 e. The molecule has 1 fully saturated rings. The number of piperidine rings is 1. The fourth-order valence-corrected chi connectivity index (χ4v) is 5.80. The van der Waals surface area contributed by atoms with Gasteiger partial charge in [-0.15, -0.1) is 11.3 Å². The summed E-state index contributed by atoms with van der Waals surface area (Å²) in [6, 6.07) is 8.70. The Bertz CT molecular complexity index is 1140. The molecule has 0 N–H and O–H groups in total. The number of carbonyl (C=O) groups excluding carboxylic acids is 1. The lowest BCUT2D eigenvalue weighted by molar-refractivity contribution is -0.132. The number of amides is 1. The lowest BCUT2D eigenvalue weighted by Gasteiger charge is -2.37. The van der Waals surface area contributed by atoms with Crippen molar-refractivity contribution in [2.75, 3.05) is 26.7 Å². The van der Waals surface area contributed by atoms with E-state index in [9.17, 15) is 13.2 Å². The molecule has 164 valence electrons. The van der Waals surface area contributed by atoms with Gasteiger partial charge in [0.25, 0.3) is 15.9 Å². The van der Waals surface area contributed by atoms with Gasteiger partial charge in [0.15, 0.2) is 5.82 Å². The lowest BCUT2D eigenvalue weighted by Crippen LogP contribution is -2.47. The van der Waals surface area contributed by atoms with Crippen LogP contribution in [0.4, 0.5) is 0 Å². The van der Waals surface area contributed by atoms with Crippen molar-refractivity contribution < 1.29 is 17.7 Å². The number of rotatable bonds is 6. The average molecular weight is 462 g/mol. The fourth-order valence-electron chi connectivity index (χ4n) is 3.47. The molecule has 0 atom stereocenters. The Kier molecular flexibility index (Phi) is 5.91. The molecule has 0 unspecified atom stereocenters. The lowest BCUT2D eigenvalue weighted by atomic mass is 9.79. The molecule has 0 aromatic carbocycles. The van der Waals surface area contributed by atoms with Gasteiger partial charge in [0.2, 0.25) is 5.91 Å². The summed E-state index contributed by atoms with van der Waals surface area (Å²) in [5, 5.41) is 5.85. The van der Waals surface area contributed by atoms with E-state index in [2.05, 4.69) is 22.0 Å². The zero-order chi connectivity index (χ0) is 22.1. The molecule has 1 amide bonds. The van der Waals surface area contributed by atoms with Gasteiger partial charge in [0.1, 0.15) is 9.90 Å². The molecule has 1 saturated heterocycles. The molecule has 0 aliphatic carbocycles. The van der Waals surface area contributed by atoms with Gasteiger partial charge >= 0.3 is 0 Å². The molecule has 3 aromatic rings. The topological polar surface area (TPSA) is 110 Å². The Hall–Kier alpha value is -2.63. The van der Waals surface area contributed by atoms with Crippen LogP contribution in [-0.2, 0) is 20.2 Å². The minimum atomic E-state index is -3.65. The van der Waals surface area contributed by atoms with Crippen LogP contribution >= 0.6 is 11.3 Å². The van der Waals surface area contributed by atoms with E-state index in [1.54, 1.807) is 22.5 Å². The molecule has 11 heteroatoms. The molecule has 4 rings (SSSR count). The predicted octanol–water partition coefficient (Wildman–Crippen LogP) is 2.39. The molecule has 4 heterocycles. The Morgan fingerprint density at radius 1 is 1.26 bits per heavy atom. The smallest absolute Gasteiger partial charge is 0.276 e. The minimum absolute atomic E-state index is 0.191. The van der Waals surface area contributed by atoms with Crippen molar-refractivity contribution in [3.63, 3.8) is 0 Å². The Labute approximate surface area is 184 Å². The van der Waals surface area contributed by atoms with Crippen LogP contribution in [0.15, 0.2) is 50.6 Å². The Morgan fingerprint density at radius 2 is 2.03 bits per heavy atom. The van der Waals surface area contributed by atoms with Crippen molar-refractivity contribution in [3.8, 4) is 11.6 Å². The van der Waals surface area contributed by atoms with Crippen LogP contribution in [0.3, 0.4) is 0 Å². The second-order valence-corrected chi connectivity index (χ2v) is 11.0. The Balaban J connectivity index is 1.38. The highest BCUT2D eigenvalue weighted by Gasteiger charge is 2.38. The summed E-state index contributed by atoms with van der Waals surface area (Å²) >= 11 is 1.14. The van der Waals surface area contributed by atoms with Gasteiger partial charge in [-0.3, -0.25) is 9.78 Å². The molecular weight excluding hydrogens is 438 g/mol. The number of pyridine rings is 1. The average Bonchev–Trinajstić information content (AvgIpc) is 3.48. The molecular formula is C20H23N5O4S2. The molecule has 9 nitrogen and oxygen atoms in total. The van der Waals surface area contributed by atoms with Crippen LogP contribution < -0.4 is 0 Å². The first kappa shape index (κ1) is 21.6. The van der Waals surface area contributed by atoms with Gasteiger partial charge in [0.05, 0.1) is 6.54 Å². The van der Waals surface area contributed by atoms with E-state index >= 15 is 0 Å². The van der Waals surface area contributed by atoms with Crippen LogP contribution in [0.2, 0.25) is 0 Å². The molecule has 0 bridgehead atoms. The van der Waals surface area contributed by atoms with Crippen molar-refractivity contribution in [1.29, 1.82) is 0 Å². The Morgan fingerprint density at radius 3 is 2.68 bits per heavy atom. The third-order valence-corrected chi connectivity index (χ3v) is 8.76. The summed E-state index contributed by atoms with van der Waals surface area (Å²) in [4.78, 5) is 23.2. The second-order valence-electron chi connectivity index (χ2n) is 7.77. The summed E-state index contributed by atoms with van der Waals surface area (Å²) in [7, 11) is -2.22. The van der Waals surface area contributed by atoms with Gasteiger partial charge < -0.3 is 9.42 Å². The van der Waals surface area contributed by atoms with Gasteiger partial charge in [-0.1, -0.05) is 24.2 Å². The number of carbonyl (C=O) groups is 1. The van der Waals surface area contributed by atoms with E-state index in [0.29, 0.717) is 43.3 Å². The van der Waals surface area contributed by atoms with Crippen molar-refractivity contribution in [2.24, 2.45) is 0 Å². The highest BCUT2D eigenvalue weighted by atomic mass is 32.2. The van der Waals surface area contributed by atoms with E-state index < -0.39 is 10.0 Å². The van der Waals surface area contributed by atoms with E-state index in [0.717, 1.165) is 15.6 Å². The van der Waals surface area contributed by atoms with Gasteiger partial charge in [-0.25, -0.2) is 8.42 Å². The highest BCUT2D eigenvalue weighted by Crippen LogP contribution is 2.34. The number of nitrogens with zero attached hydrogens (tertiary/aromatic N) is 5. The molecule has 0 spiro atoms. The summed E-state index contributed by atoms with van der Waals surface area (Å²) in [6.07, 6.45) is 2.98. The number of likely N-dealkylation sites (N-methyl/N-ethyl adjacent to an activating group) is 1. The maximum absolute atomic E-state index is 12.7. The zero-order valence-corrected chi connectivity index (χ0v) is 18.9. The summed E-state index contributed by atoms with van der Waals surface area (Å²) < 4.78 is 31.8. The molecule has 0 saturated carbocycles. The van der Waals surface area contributed by atoms with Crippen LogP contribution in [0.5, 0.6) is 0 Å². The molecule has 31 heavy (non-hydrogen) atoms. The predicted molar refractivity (Wildman–Crippen MR) is 115 cm³/mol. The maximum Gasteiger partial charge on any atom is 0.276 e. The maximum atomic E-state index is 12.7. The second kappa shape index (κ2) is 8.48. The zero-order valence-electron chi connectivity index (χ0n) is 17.3. The number of aromatic nitrogens is 3. The summed E-state index contributed by atoms with van der Waals surface area (Å²) in [6.45, 7) is 2.85. The van der Waals surface area contributed by atoms with Crippen molar-refractivity contribution >= 4 is 27.3 Å². The molecule has 3 aromatic heterocycles. The van der Waals surface area contributed by atoms with Crippen molar-refractivity contribution in [2.45, 2.75) is 29.4 Å². The van der Waals surface area contributed by atoms with E-state index in [-0.39, 0.29) is 22.1 Å². The first-order valence-corrected chi connectivity index (χ1v) is 12.1. The first-order chi connectivity index (χ1) is 14.8. The van der Waals surface area contributed by atoms with Crippen LogP contribution in [0, 0.1) is 0 Å². The van der Waals surface area contributed by atoms with Crippen LogP contribution in [0.25, 0.3) is 11.6 Å². The number of sulfonamides is 1. The van der Waals surface area contributed by atoms with Gasteiger partial charge in [-0.05, 0) is 36.4 Å². The van der Waals surface area contributed by atoms with Gasteiger partial charge in [0, 0.05) is 31.7 Å². The standard InChI is InChI=1S/C20H23N5O4S2/c1-20(19-22-18(29-23-19)15-6-3-4-10-21-15)8-11-25(12-9-20)16(26)14-24(2)31(27,28)17-7-5-13-30-17/h3-7,10,13H,8-9,11-12,14H2,1-2H3. The van der Waals surface area contributed by atoms with Gasteiger partial charge in [-0.2, -0.15) is 9.29 Å². The quantitative estimate of drug-likeness (QED) is 0.554. The van der Waals surface area contributed by atoms with Crippen molar-refractivity contribution in [3.05, 3.63) is 47.7 Å². The molecule has 0 radical (unpaired) electrons. The van der Waals surface area contributed by atoms with Crippen LogP contribution in [0.1, 0.15) is 25.6 Å². The monoisotopic (exact) mass is 461 g/mol. The number of hydrogen-bond donors (Lipinski definition) is 0. The van der Waals surface area contributed by atoms with Crippen LogP contribution in [-0.4, -0.2) is 65.3 Å². The molecule has 1 aliphatic rings. The van der Waals surface area contributed by atoms with E-state index in [1.165, 1.54) is 13.1 Å².